The lowest BCUT2D eigenvalue weighted by atomic mass is 10.2. The number of methoxy groups -OCH3 is 1. The number of fused-ring (bicyclic) bond motifs is 1. The molecule has 2 aromatic heterocycles. The molecule has 0 radical (unpaired) electrons. The molecule has 0 N–H and O–H groups in total. The van der Waals surface area contributed by atoms with E-state index in [4.69, 9.17) is 9.15 Å². The molecule has 3 aromatic rings. The normalized spacial score (nSPS) is 16.0. The van der Waals surface area contributed by atoms with Crippen molar-refractivity contribution < 1.29 is 17.6 Å². The van der Waals surface area contributed by atoms with Gasteiger partial charge in [0, 0.05) is 31.0 Å². The van der Waals surface area contributed by atoms with E-state index in [0.29, 0.717) is 29.9 Å². The molecule has 4 rings (SSSR count). The summed E-state index contributed by atoms with van der Waals surface area (Å²) < 4.78 is 34.7. The third kappa shape index (κ3) is 3.59. The van der Waals surface area contributed by atoms with Crippen LogP contribution in [-0.4, -0.2) is 50.1 Å². The van der Waals surface area contributed by atoms with Gasteiger partial charge in [-0.25, -0.2) is 8.42 Å². The van der Waals surface area contributed by atoms with Gasteiger partial charge in [-0.05, 0) is 30.2 Å². The summed E-state index contributed by atoms with van der Waals surface area (Å²) in [6, 6.07) is 7.33. The zero-order valence-corrected chi connectivity index (χ0v) is 15.5. The van der Waals surface area contributed by atoms with Crippen molar-refractivity contribution in [1.82, 2.24) is 9.97 Å². The fourth-order valence-electron chi connectivity index (χ4n) is 2.95. The number of anilines is 1. The lowest BCUT2D eigenvalue weighted by Crippen LogP contribution is -2.40. The molecule has 0 atom stereocenters. The largest absolute Gasteiger partial charge is 0.494 e. The molecule has 7 nitrogen and oxygen atoms in total. The molecule has 1 fully saturated rings. The van der Waals surface area contributed by atoms with Gasteiger partial charge in [-0.15, -0.1) is 0 Å². The number of hydrogen-bond acceptors (Lipinski definition) is 7. The van der Waals surface area contributed by atoms with Crippen molar-refractivity contribution in [3.8, 4) is 17.6 Å². The highest BCUT2D eigenvalue weighted by Crippen LogP contribution is 2.34. The maximum atomic E-state index is 11.7. The smallest absolute Gasteiger partial charge is 0.274 e. The lowest BCUT2D eigenvalue weighted by Gasteiger charge is -2.28. The van der Waals surface area contributed by atoms with E-state index in [1.807, 2.05) is 29.2 Å². The highest BCUT2D eigenvalue weighted by Gasteiger charge is 2.25. The molecule has 0 saturated carbocycles. The molecule has 1 aromatic carbocycles. The van der Waals surface area contributed by atoms with Gasteiger partial charge in [0.05, 0.1) is 24.3 Å². The first-order chi connectivity index (χ1) is 13.1. The molecule has 27 heavy (non-hydrogen) atoms. The molecular weight excluding hydrogens is 366 g/mol. The second-order valence-electron chi connectivity index (χ2n) is 6.11. The van der Waals surface area contributed by atoms with Gasteiger partial charge in [0.25, 0.3) is 5.89 Å². The Labute approximate surface area is 156 Å². The summed E-state index contributed by atoms with van der Waals surface area (Å²) in [5.41, 5.74) is 2.67. The lowest BCUT2D eigenvalue weighted by molar-refractivity contribution is 0.419. The molecule has 138 valence electrons. The van der Waals surface area contributed by atoms with Crippen LogP contribution in [-0.2, 0) is 9.84 Å². The summed E-state index contributed by atoms with van der Waals surface area (Å²) in [4.78, 5) is 10.5. The Morgan fingerprint density at radius 1 is 1.19 bits per heavy atom. The van der Waals surface area contributed by atoms with E-state index >= 15 is 0 Å². The second-order valence-corrected chi connectivity index (χ2v) is 8.42. The summed E-state index contributed by atoms with van der Waals surface area (Å²) in [6.07, 6.45) is 3.34. The van der Waals surface area contributed by atoms with Crippen LogP contribution in [0, 0.1) is 11.8 Å². The van der Waals surface area contributed by atoms with Gasteiger partial charge < -0.3 is 14.1 Å². The average Bonchev–Trinajstić information content (AvgIpc) is 3.11. The summed E-state index contributed by atoms with van der Waals surface area (Å²) >= 11 is 0. The molecule has 0 aliphatic carbocycles. The molecule has 8 heteroatoms. The third-order valence-corrected chi connectivity index (χ3v) is 5.98. The van der Waals surface area contributed by atoms with E-state index < -0.39 is 9.84 Å². The first-order valence-electron chi connectivity index (χ1n) is 8.41. The fraction of sp³-hybridized carbons (Fsp3) is 0.263. The number of rotatable bonds is 2. The molecule has 1 aliphatic heterocycles. The maximum absolute atomic E-state index is 11.7. The molecule has 0 amide bonds. The van der Waals surface area contributed by atoms with Crippen molar-refractivity contribution >= 4 is 26.6 Å². The van der Waals surface area contributed by atoms with Crippen LogP contribution in [0.1, 0.15) is 11.5 Å². The van der Waals surface area contributed by atoms with Gasteiger partial charge in [0.1, 0.15) is 5.75 Å². The Balaban J connectivity index is 1.74. The number of benzene rings is 1. The summed E-state index contributed by atoms with van der Waals surface area (Å²) in [6.45, 7) is 0.836. The van der Waals surface area contributed by atoms with Crippen molar-refractivity contribution in [2.75, 3.05) is 36.6 Å². The van der Waals surface area contributed by atoms with Crippen molar-refractivity contribution in [3.05, 3.63) is 48.1 Å². The SMILES string of the molecule is COc1ccc(N2CCS(=O)(=O)CC2)c2oc(C#Cc3cccnc3)nc12. The van der Waals surface area contributed by atoms with Crippen molar-refractivity contribution in [2.24, 2.45) is 0 Å². The summed E-state index contributed by atoms with van der Waals surface area (Å²) in [5, 5.41) is 0. The Bertz CT molecular complexity index is 1130. The minimum absolute atomic E-state index is 0.127. The van der Waals surface area contributed by atoms with Crippen molar-refractivity contribution in [1.29, 1.82) is 0 Å². The quantitative estimate of drug-likeness (QED) is 0.625. The molecule has 1 aliphatic rings. The van der Waals surface area contributed by atoms with Crippen LogP contribution >= 0.6 is 0 Å². The minimum atomic E-state index is -2.96. The number of pyridine rings is 1. The monoisotopic (exact) mass is 383 g/mol. The van der Waals surface area contributed by atoms with Gasteiger partial charge in [-0.1, -0.05) is 5.92 Å². The van der Waals surface area contributed by atoms with E-state index in [1.165, 1.54) is 0 Å². The van der Waals surface area contributed by atoms with Crippen LogP contribution in [0.3, 0.4) is 0 Å². The number of oxazole rings is 1. The highest BCUT2D eigenvalue weighted by molar-refractivity contribution is 7.91. The van der Waals surface area contributed by atoms with E-state index in [0.717, 1.165) is 11.3 Å². The number of hydrogen-bond donors (Lipinski definition) is 0. The van der Waals surface area contributed by atoms with Crippen molar-refractivity contribution in [3.63, 3.8) is 0 Å². The molecule has 1 saturated heterocycles. The van der Waals surface area contributed by atoms with Crippen LogP contribution in [0.5, 0.6) is 5.75 Å². The second kappa shape index (κ2) is 6.93. The third-order valence-electron chi connectivity index (χ3n) is 4.37. The van der Waals surface area contributed by atoms with Crippen molar-refractivity contribution in [2.45, 2.75) is 0 Å². The summed E-state index contributed by atoms with van der Waals surface area (Å²) in [5.74, 6) is 6.98. The zero-order chi connectivity index (χ0) is 18.9. The predicted molar refractivity (Wildman–Crippen MR) is 102 cm³/mol. The average molecular weight is 383 g/mol. The van der Waals surface area contributed by atoms with Crippen LogP contribution in [0.2, 0.25) is 0 Å². The molecule has 0 bridgehead atoms. The van der Waals surface area contributed by atoms with Gasteiger partial charge in [-0.3, -0.25) is 4.98 Å². The first-order valence-corrected chi connectivity index (χ1v) is 10.2. The van der Waals surface area contributed by atoms with Gasteiger partial charge in [-0.2, -0.15) is 4.98 Å². The number of sulfone groups is 1. The highest BCUT2D eigenvalue weighted by atomic mass is 32.2. The van der Waals surface area contributed by atoms with Gasteiger partial charge in [0.15, 0.2) is 20.9 Å². The maximum Gasteiger partial charge on any atom is 0.274 e. The Kier molecular flexibility index (Phi) is 4.46. The topological polar surface area (TPSA) is 85.5 Å². The Morgan fingerprint density at radius 3 is 2.70 bits per heavy atom. The van der Waals surface area contributed by atoms with Gasteiger partial charge in [0.2, 0.25) is 0 Å². The Morgan fingerprint density at radius 2 is 2.00 bits per heavy atom. The molecular formula is C19H17N3O4S. The van der Waals surface area contributed by atoms with E-state index in [9.17, 15) is 8.42 Å². The summed E-state index contributed by atoms with van der Waals surface area (Å²) in [7, 11) is -1.40. The molecule has 0 spiro atoms. The van der Waals surface area contributed by atoms with E-state index in [1.54, 1.807) is 19.5 Å². The molecule has 3 heterocycles. The van der Waals surface area contributed by atoms with E-state index in [2.05, 4.69) is 21.8 Å². The van der Waals surface area contributed by atoms with E-state index in [-0.39, 0.29) is 17.4 Å². The first kappa shape index (κ1) is 17.4. The van der Waals surface area contributed by atoms with Crippen LogP contribution in [0.15, 0.2) is 41.1 Å². The number of nitrogens with zero attached hydrogens (tertiary/aromatic N) is 3. The fourth-order valence-corrected chi connectivity index (χ4v) is 4.15. The number of ether oxygens (including phenoxy) is 1. The van der Waals surface area contributed by atoms with Crippen LogP contribution < -0.4 is 9.64 Å². The van der Waals surface area contributed by atoms with Crippen LogP contribution in [0.4, 0.5) is 5.69 Å². The predicted octanol–water partition coefficient (Wildman–Crippen LogP) is 1.87. The standard InChI is InChI=1S/C19H17N3O4S/c1-25-16-6-5-15(22-9-11-27(23,24)12-10-22)19-18(16)21-17(26-19)7-4-14-3-2-8-20-13-14/h2-3,5-6,8,13H,9-12H2,1H3. The number of aromatic nitrogens is 2. The van der Waals surface area contributed by atoms with Gasteiger partial charge >= 0.3 is 0 Å². The van der Waals surface area contributed by atoms with Crippen LogP contribution in [0.25, 0.3) is 11.1 Å². The minimum Gasteiger partial charge on any atom is -0.494 e. The molecule has 0 unspecified atom stereocenters. The zero-order valence-electron chi connectivity index (χ0n) is 14.7. The Hall–Kier alpha value is -3.05.